The quantitative estimate of drug-likeness (QED) is 0.392. The number of terminal acetylenes is 1. The summed E-state index contributed by atoms with van der Waals surface area (Å²) in [4.78, 5) is 9.95. The molecule has 0 amide bonds. The van der Waals surface area contributed by atoms with E-state index in [-0.39, 0.29) is 0 Å². The molecule has 3 nitrogen and oxygen atoms in total. The molecule has 0 spiro atoms. The third-order valence-corrected chi connectivity index (χ3v) is 0.948. The van der Waals surface area contributed by atoms with Gasteiger partial charge in [-0.1, -0.05) is 18.2 Å². The van der Waals surface area contributed by atoms with E-state index < -0.39 is 6.16 Å². The zero-order chi connectivity index (χ0) is 9.40. The summed E-state index contributed by atoms with van der Waals surface area (Å²) in [6.45, 7) is 0. The minimum absolute atomic E-state index is 0.343. The second-order valence-corrected chi connectivity index (χ2v) is 1.68. The molecular formula is C9H8O3. The number of hydrogen-bond acceptors (Lipinski definition) is 2. The summed E-state index contributed by atoms with van der Waals surface area (Å²) in [5, 5.41) is 8.14. The van der Waals surface area contributed by atoms with E-state index in [2.05, 4.69) is 17.6 Å². The molecular weight excluding hydrogens is 156 g/mol. The SMILES string of the molecule is C#C.O=C(O)Oc1ccccc1. The number of ether oxygens (including phenoxy) is 1. The third kappa shape index (κ3) is 3.96. The number of carbonyl (C=O) groups is 1. The summed E-state index contributed by atoms with van der Waals surface area (Å²) in [5.74, 6) is 0.343. The first-order valence-corrected chi connectivity index (χ1v) is 3.08. The highest BCUT2D eigenvalue weighted by atomic mass is 16.7. The summed E-state index contributed by atoms with van der Waals surface area (Å²) in [6, 6.07) is 8.35. The molecule has 62 valence electrons. The molecule has 3 heteroatoms. The van der Waals surface area contributed by atoms with E-state index in [0.717, 1.165) is 0 Å². The van der Waals surface area contributed by atoms with E-state index in [4.69, 9.17) is 5.11 Å². The Labute approximate surface area is 70.6 Å². The van der Waals surface area contributed by atoms with Crippen molar-refractivity contribution in [3.05, 3.63) is 30.3 Å². The lowest BCUT2D eigenvalue weighted by molar-refractivity contribution is 0.144. The van der Waals surface area contributed by atoms with Crippen molar-refractivity contribution in [3.8, 4) is 18.6 Å². The van der Waals surface area contributed by atoms with Crippen LogP contribution in [0.15, 0.2) is 30.3 Å². The molecule has 0 aliphatic heterocycles. The van der Waals surface area contributed by atoms with Gasteiger partial charge in [0.25, 0.3) is 0 Å². The Morgan fingerprint density at radius 1 is 1.25 bits per heavy atom. The smallest absolute Gasteiger partial charge is 0.449 e. The summed E-state index contributed by atoms with van der Waals surface area (Å²) in [6.07, 6.45) is 6.71. The van der Waals surface area contributed by atoms with E-state index in [1.165, 1.54) is 0 Å². The van der Waals surface area contributed by atoms with Gasteiger partial charge in [0.2, 0.25) is 0 Å². The topological polar surface area (TPSA) is 46.5 Å². The van der Waals surface area contributed by atoms with E-state index in [0.29, 0.717) is 5.75 Å². The van der Waals surface area contributed by atoms with Crippen LogP contribution < -0.4 is 4.74 Å². The maximum absolute atomic E-state index is 9.95. The van der Waals surface area contributed by atoms with Gasteiger partial charge >= 0.3 is 6.16 Å². The van der Waals surface area contributed by atoms with Crippen LogP contribution in [0.4, 0.5) is 4.79 Å². The van der Waals surface area contributed by atoms with Gasteiger partial charge in [-0.15, -0.1) is 12.8 Å². The van der Waals surface area contributed by atoms with E-state index in [1.807, 2.05) is 0 Å². The molecule has 0 unspecified atom stereocenters. The van der Waals surface area contributed by atoms with Gasteiger partial charge < -0.3 is 9.84 Å². The highest BCUT2D eigenvalue weighted by molar-refractivity contribution is 5.60. The van der Waals surface area contributed by atoms with Crippen molar-refractivity contribution in [1.82, 2.24) is 0 Å². The molecule has 0 fully saturated rings. The predicted molar refractivity (Wildman–Crippen MR) is 45.0 cm³/mol. The second-order valence-electron chi connectivity index (χ2n) is 1.68. The molecule has 0 aliphatic carbocycles. The van der Waals surface area contributed by atoms with Crippen molar-refractivity contribution in [2.45, 2.75) is 0 Å². The Morgan fingerprint density at radius 3 is 2.17 bits per heavy atom. The lowest BCUT2D eigenvalue weighted by Crippen LogP contribution is -2.02. The van der Waals surface area contributed by atoms with Crippen molar-refractivity contribution in [3.63, 3.8) is 0 Å². The summed E-state index contributed by atoms with van der Waals surface area (Å²) in [5.41, 5.74) is 0. The van der Waals surface area contributed by atoms with Crippen LogP contribution in [-0.2, 0) is 0 Å². The Balaban J connectivity index is 0.000000561. The van der Waals surface area contributed by atoms with Gasteiger partial charge in [0.15, 0.2) is 0 Å². The van der Waals surface area contributed by atoms with Crippen molar-refractivity contribution in [2.75, 3.05) is 0 Å². The Morgan fingerprint density at radius 2 is 1.75 bits per heavy atom. The van der Waals surface area contributed by atoms with Crippen LogP contribution in [0, 0.1) is 12.8 Å². The fourth-order valence-electron chi connectivity index (χ4n) is 0.589. The first-order chi connectivity index (χ1) is 5.79. The summed E-state index contributed by atoms with van der Waals surface area (Å²) < 4.78 is 4.33. The second kappa shape index (κ2) is 5.81. The minimum atomic E-state index is -1.29. The van der Waals surface area contributed by atoms with Crippen LogP contribution in [-0.4, -0.2) is 11.3 Å². The van der Waals surface area contributed by atoms with Crippen molar-refractivity contribution in [1.29, 1.82) is 0 Å². The van der Waals surface area contributed by atoms with Crippen LogP contribution in [0.3, 0.4) is 0 Å². The fourth-order valence-corrected chi connectivity index (χ4v) is 0.589. The molecule has 1 aromatic rings. The molecule has 0 bridgehead atoms. The Bertz CT molecular complexity index is 251. The molecule has 0 saturated heterocycles. The molecule has 0 heterocycles. The Hall–Kier alpha value is -1.95. The van der Waals surface area contributed by atoms with Gasteiger partial charge in [-0.25, -0.2) is 4.79 Å². The van der Waals surface area contributed by atoms with Gasteiger partial charge in [0.1, 0.15) is 5.75 Å². The van der Waals surface area contributed by atoms with Gasteiger partial charge in [0, 0.05) is 0 Å². The van der Waals surface area contributed by atoms with Gasteiger partial charge in [-0.2, -0.15) is 0 Å². The Kier molecular flexibility index (Phi) is 4.86. The molecule has 12 heavy (non-hydrogen) atoms. The highest BCUT2D eigenvalue weighted by Crippen LogP contribution is 2.07. The number of para-hydroxylation sites is 1. The van der Waals surface area contributed by atoms with E-state index >= 15 is 0 Å². The first-order valence-electron chi connectivity index (χ1n) is 3.08. The summed E-state index contributed by atoms with van der Waals surface area (Å²) in [7, 11) is 0. The van der Waals surface area contributed by atoms with Crippen molar-refractivity contribution in [2.24, 2.45) is 0 Å². The molecule has 1 aromatic carbocycles. The minimum Gasteiger partial charge on any atom is -0.449 e. The van der Waals surface area contributed by atoms with E-state index in [1.54, 1.807) is 30.3 Å². The zero-order valence-electron chi connectivity index (χ0n) is 6.31. The first kappa shape index (κ1) is 10.0. The van der Waals surface area contributed by atoms with Crippen LogP contribution >= 0.6 is 0 Å². The monoisotopic (exact) mass is 164 g/mol. The van der Waals surface area contributed by atoms with Crippen LogP contribution in [0.25, 0.3) is 0 Å². The maximum atomic E-state index is 9.95. The standard InChI is InChI=1S/C7H6O3.C2H2/c8-7(9)10-6-4-2-1-3-5-6;1-2/h1-5H,(H,8,9);1-2H. The number of carboxylic acid groups (broad SMARTS) is 1. The molecule has 0 saturated carbocycles. The zero-order valence-corrected chi connectivity index (χ0v) is 6.31. The molecule has 0 aliphatic rings. The number of hydrogen-bond donors (Lipinski definition) is 1. The van der Waals surface area contributed by atoms with Crippen LogP contribution in [0.1, 0.15) is 0 Å². The molecule has 1 N–H and O–H groups in total. The predicted octanol–water partition coefficient (Wildman–Crippen LogP) is 1.99. The molecule has 0 aromatic heterocycles. The third-order valence-electron chi connectivity index (χ3n) is 0.948. The van der Waals surface area contributed by atoms with Crippen molar-refractivity contribution < 1.29 is 14.6 Å². The lowest BCUT2D eigenvalue weighted by Gasteiger charge is -1.95. The average molecular weight is 164 g/mol. The maximum Gasteiger partial charge on any atom is 0.511 e. The van der Waals surface area contributed by atoms with Gasteiger partial charge in [-0.05, 0) is 12.1 Å². The number of benzene rings is 1. The molecule has 0 atom stereocenters. The highest BCUT2D eigenvalue weighted by Gasteiger charge is 1.96. The number of rotatable bonds is 1. The van der Waals surface area contributed by atoms with Crippen LogP contribution in [0.2, 0.25) is 0 Å². The van der Waals surface area contributed by atoms with Crippen LogP contribution in [0.5, 0.6) is 5.75 Å². The van der Waals surface area contributed by atoms with Gasteiger partial charge in [-0.3, -0.25) is 0 Å². The lowest BCUT2D eigenvalue weighted by atomic mass is 10.3. The van der Waals surface area contributed by atoms with E-state index in [9.17, 15) is 4.79 Å². The average Bonchev–Trinajstić information content (AvgIpc) is 2.08. The van der Waals surface area contributed by atoms with Crippen molar-refractivity contribution >= 4 is 6.16 Å². The molecule has 1 rings (SSSR count). The fraction of sp³-hybridized carbons (Fsp3) is 0. The molecule has 0 radical (unpaired) electrons. The normalized spacial score (nSPS) is 7.50. The van der Waals surface area contributed by atoms with Gasteiger partial charge in [0.05, 0.1) is 0 Å². The largest absolute Gasteiger partial charge is 0.511 e. The summed E-state index contributed by atoms with van der Waals surface area (Å²) >= 11 is 0.